The Morgan fingerprint density at radius 3 is 2.50 bits per heavy atom. The van der Waals surface area contributed by atoms with Gasteiger partial charge in [0.2, 0.25) is 5.90 Å². The van der Waals surface area contributed by atoms with E-state index in [1.165, 1.54) is 0 Å². The van der Waals surface area contributed by atoms with E-state index in [2.05, 4.69) is 33.4 Å². The van der Waals surface area contributed by atoms with E-state index in [-0.39, 0.29) is 6.61 Å². The van der Waals surface area contributed by atoms with Gasteiger partial charge in [0, 0.05) is 15.6 Å². The molecule has 3 aromatic carbocycles. The van der Waals surface area contributed by atoms with Crippen LogP contribution in [0.4, 0.5) is 10.5 Å². The molecule has 34 heavy (non-hydrogen) atoms. The van der Waals surface area contributed by atoms with Gasteiger partial charge in [-0.2, -0.15) is 0 Å². The normalized spacial score (nSPS) is 17.0. The van der Waals surface area contributed by atoms with E-state index in [0.29, 0.717) is 23.6 Å². The number of halogens is 1. The molecule has 0 unspecified atom stereocenters. The van der Waals surface area contributed by atoms with E-state index in [0.717, 1.165) is 20.3 Å². The van der Waals surface area contributed by atoms with Crippen LogP contribution in [0.25, 0.3) is 0 Å². The molecule has 1 aliphatic rings. The second kappa shape index (κ2) is 10.3. The average molecular weight is 569 g/mol. The first-order chi connectivity index (χ1) is 16.4. The minimum Gasteiger partial charge on any atom is -0.449 e. The maximum absolute atomic E-state index is 13.4. The number of amides is 1. The third-order valence-electron chi connectivity index (χ3n) is 5.44. The molecule has 7 nitrogen and oxygen atoms in total. The van der Waals surface area contributed by atoms with Crippen LogP contribution in [0.1, 0.15) is 29.2 Å². The SMILES string of the molecule is CCOC(=O)NNc1ccc([C@@]2(Cc3ccccc3)N=C(c3ccc(C)cc3)OC2=O)cc1I. The quantitative estimate of drug-likeness (QED) is 0.235. The van der Waals surface area contributed by atoms with Crippen LogP contribution in [0.15, 0.2) is 77.8 Å². The molecule has 0 fully saturated rings. The monoisotopic (exact) mass is 569 g/mol. The zero-order chi connectivity index (χ0) is 24.1. The maximum atomic E-state index is 13.4. The summed E-state index contributed by atoms with van der Waals surface area (Å²) < 4.78 is 11.4. The minimum atomic E-state index is -1.23. The minimum absolute atomic E-state index is 0.273. The fraction of sp³-hybridized carbons (Fsp3) is 0.192. The van der Waals surface area contributed by atoms with E-state index < -0.39 is 17.6 Å². The van der Waals surface area contributed by atoms with Crippen molar-refractivity contribution in [3.8, 4) is 0 Å². The molecule has 174 valence electrons. The van der Waals surface area contributed by atoms with Crippen LogP contribution in [0.2, 0.25) is 0 Å². The number of aryl methyl sites for hydroxylation is 1. The molecule has 1 heterocycles. The van der Waals surface area contributed by atoms with Gasteiger partial charge in [-0.05, 0) is 71.8 Å². The number of nitrogens with zero attached hydrogens (tertiary/aromatic N) is 1. The molecule has 0 saturated carbocycles. The highest BCUT2D eigenvalue weighted by Crippen LogP contribution is 2.38. The summed E-state index contributed by atoms with van der Waals surface area (Å²) in [5.41, 5.74) is 8.30. The summed E-state index contributed by atoms with van der Waals surface area (Å²) in [4.78, 5) is 29.9. The lowest BCUT2D eigenvalue weighted by Gasteiger charge is -2.24. The molecule has 0 spiro atoms. The zero-order valence-electron chi connectivity index (χ0n) is 18.8. The second-order valence-corrected chi connectivity index (χ2v) is 9.02. The number of cyclic esters (lactones) is 1. The smallest absolute Gasteiger partial charge is 0.425 e. The number of esters is 1. The van der Waals surface area contributed by atoms with Gasteiger partial charge in [0.25, 0.3) is 0 Å². The number of aliphatic imine (C=N–C) groups is 1. The lowest BCUT2D eigenvalue weighted by Crippen LogP contribution is -2.34. The summed E-state index contributed by atoms with van der Waals surface area (Å²) in [7, 11) is 0. The van der Waals surface area contributed by atoms with Gasteiger partial charge < -0.3 is 9.47 Å². The van der Waals surface area contributed by atoms with Gasteiger partial charge in [-0.25, -0.2) is 20.0 Å². The predicted octanol–water partition coefficient (Wildman–Crippen LogP) is 5.11. The summed E-state index contributed by atoms with van der Waals surface area (Å²) in [5, 5.41) is 0. The Bertz CT molecular complexity index is 1230. The fourth-order valence-corrected chi connectivity index (χ4v) is 4.33. The summed E-state index contributed by atoms with van der Waals surface area (Å²) >= 11 is 2.15. The Hall–Kier alpha value is -3.40. The number of carbonyl (C=O) groups is 2. The largest absolute Gasteiger partial charge is 0.449 e. The molecular weight excluding hydrogens is 545 g/mol. The number of hydrogen-bond donors (Lipinski definition) is 2. The lowest BCUT2D eigenvalue weighted by atomic mass is 9.84. The lowest BCUT2D eigenvalue weighted by molar-refractivity contribution is -0.139. The van der Waals surface area contributed by atoms with Crippen molar-refractivity contribution in [2.45, 2.75) is 25.8 Å². The molecule has 1 amide bonds. The van der Waals surface area contributed by atoms with Crippen molar-refractivity contribution >= 4 is 46.2 Å². The van der Waals surface area contributed by atoms with Crippen LogP contribution in [0.5, 0.6) is 0 Å². The summed E-state index contributed by atoms with van der Waals surface area (Å²) in [5.74, 6) is -0.116. The molecule has 0 aliphatic carbocycles. The van der Waals surface area contributed by atoms with Gasteiger partial charge in [0.05, 0.1) is 12.3 Å². The molecule has 2 N–H and O–H groups in total. The number of nitrogens with one attached hydrogen (secondary N) is 2. The first-order valence-electron chi connectivity index (χ1n) is 10.8. The number of hydrogen-bond acceptors (Lipinski definition) is 6. The zero-order valence-corrected chi connectivity index (χ0v) is 21.0. The molecule has 0 bridgehead atoms. The van der Waals surface area contributed by atoms with Crippen molar-refractivity contribution in [3.63, 3.8) is 0 Å². The fourth-order valence-electron chi connectivity index (χ4n) is 3.68. The molecule has 0 aromatic heterocycles. The highest BCUT2D eigenvalue weighted by atomic mass is 127. The van der Waals surface area contributed by atoms with Crippen molar-refractivity contribution in [2.75, 3.05) is 12.0 Å². The Labute approximate surface area is 211 Å². The summed E-state index contributed by atoms with van der Waals surface area (Å²) in [6, 6.07) is 23.0. The van der Waals surface area contributed by atoms with E-state index in [1.54, 1.807) is 13.0 Å². The first-order valence-corrected chi connectivity index (χ1v) is 11.9. The van der Waals surface area contributed by atoms with Crippen LogP contribution < -0.4 is 10.9 Å². The molecule has 4 rings (SSSR count). The molecule has 0 saturated heterocycles. The van der Waals surface area contributed by atoms with E-state index in [1.807, 2.05) is 73.7 Å². The Kier molecular flexibility index (Phi) is 7.16. The second-order valence-electron chi connectivity index (χ2n) is 7.86. The third-order valence-corrected chi connectivity index (χ3v) is 6.33. The Balaban J connectivity index is 1.72. The topological polar surface area (TPSA) is 89.0 Å². The summed E-state index contributed by atoms with van der Waals surface area (Å²) in [6.07, 6.45) is -0.221. The molecule has 3 aromatic rings. The van der Waals surface area contributed by atoms with Crippen LogP contribution in [0.3, 0.4) is 0 Å². The van der Waals surface area contributed by atoms with Crippen LogP contribution in [-0.4, -0.2) is 24.6 Å². The van der Waals surface area contributed by atoms with E-state index in [9.17, 15) is 9.59 Å². The van der Waals surface area contributed by atoms with Crippen molar-refractivity contribution in [2.24, 2.45) is 4.99 Å². The van der Waals surface area contributed by atoms with E-state index >= 15 is 0 Å². The Morgan fingerprint density at radius 1 is 1.09 bits per heavy atom. The van der Waals surface area contributed by atoms with Crippen molar-refractivity contribution in [1.29, 1.82) is 0 Å². The molecule has 0 radical (unpaired) electrons. The molecule has 1 atom stereocenters. The molecular formula is C26H24IN3O4. The van der Waals surface area contributed by atoms with Crippen LogP contribution >= 0.6 is 22.6 Å². The number of carbonyl (C=O) groups excluding carboxylic acids is 2. The van der Waals surface area contributed by atoms with Crippen LogP contribution in [-0.2, 0) is 26.2 Å². The van der Waals surface area contributed by atoms with Gasteiger partial charge in [0.15, 0.2) is 5.54 Å². The number of hydrazine groups is 1. The van der Waals surface area contributed by atoms with Crippen LogP contribution in [0, 0.1) is 10.5 Å². The number of rotatable bonds is 7. The van der Waals surface area contributed by atoms with Gasteiger partial charge in [-0.3, -0.25) is 5.43 Å². The van der Waals surface area contributed by atoms with Gasteiger partial charge in [-0.15, -0.1) is 0 Å². The van der Waals surface area contributed by atoms with Crippen molar-refractivity contribution in [3.05, 3.63) is 98.6 Å². The number of benzene rings is 3. The Morgan fingerprint density at radius 2 is 1.82 bits per heavy atom. The van der Waals surface area contributed by atoms with Crippen molar-refractivity contribution in [1.82, 2.24) is 5.43 Å². The van der Waals surface area contributed by atoms with Gasteiger partial charge >= 0.3 is 12.1 Å². The standard InChI is InChI=1S/C26H24IN3O4/c1-3-33-25(32)30-29-22-14-13-20(15-21(22)27)26(16-18-7-5-4-6-8-18)24(31)34-23(28-26)19-11-9-17(2)10-12-19/h4-15,29H,3,16H2,1-2H3,(H,30,32)/t26-/m1/s1. The highest BCUT2D eigenvalue weighted by molar-refractivity contribution is 14.1. The maximum Gasteiger partial charge on any atom is 0.425 e. The summed E-state index contributed by atoms with van der Waals surface area (Å²) in [6.45, 7) is 4.01. The third kappa shape index (κ3) is 5.06. The predicted molar refractivity (Wildman–Crippen MR) is 139 cm³/mol. The molecule has 8 heteroatoms. The average Bonchev–Trinajstić information content (AvgIpc) is 3.16. The van der Waals surface area contributed by atoms with Crippen molar-refractivity contribution < 1.29 is 19.1 Å². The highest BCUT2D eigenvalue weighted by Gasteiger charge is 2.48. The van der Waals surface area contributed by atoms with Gasteiger partial charge in [-0.1, -0.05) is 54.1 Å². The molecule has 1 aliphatic heterocycles. The first kappa shape index (κ1) is 23.7. The number of anilines is 1. The van der Waals surface area contributed by atoms with E-state index in [4.69, 9.17) is 14.5 Å². The van der Waals surface area contributed by atoms with Gasteiger partial charge in [0.1, 0.15) is 0 Å². The number of ether oxygens (including phenoxy) is 2.